The molecule has 1 aliphatic heterocycles. The summed E-state index contributed by atoms with van der Waals surface area (Å²) in [6, 6.07) is 11.3. The van der Waals surface area contributed by atoms with Gasteiger partial charge < -0.3 is 10.6 Å². The molecule has 0 aromatic carbocycles. The van der Waals surface area contributed by atoms with Gasteiger partial charge in [0, 0.05) is 19.3 Å². The fourth-order valence-electron chi connectivity index (χ4n) is 2.76. The number of anilines is 1. The molecule has 0 amide bonds. The molecule has 0 spiro atoms. The number of hydrogen-bond donors (Lipinski definition) is 2. The minimum atomic E-state index is -0.888. The predicted molar refractivity (Wildman–Crippen MR) is 83.6 cm³/mol. The number of nitrogens with one attached hydrogen (secondary N) is 2. The molecular formula is C16H16FN5. The second kappa shape index (κ2) is 5.38. The van der Waals surface area contributed by atoms with Crippen molar-refractivity contribution < 1.29 is 4.39 Å². The fraction of sp³-hybridized carbons (Fsp3) is 0.250. The molecule has 4 rings (SSSR count). The molecule has 3 aromatic heterocycles. The van der Waals surface area contributed by atoms with Gasteiger partial charge in [0.1, 0.15) is 17.6 Å². The third-order valence-electron chi connectivity index (χ3n) is 3.90. The number of aromatic nitrogens is 3. The number of nitrogens with zero attached hydrogens (tertiary/aromatic N) is 3. The third-order valence-corrected chi connectivity index (χ3v) is 3.90. The lowest BCUT2D eigenvalue weighted by molar-refractivity contribution is 0.342. The Bertz CT molecular complexity index is 800. The van der Waals surface area contributed by atoms with E-state index in [0.29, 0.717) is 18.9 Å². The number of pyridine rings is 2. The van der Waals surface area contributed by atoms with E-state index < -0.39 is 6.17 Å². The minimum absolute atomic E-state index is 0.232. The van der Waals surface area contributed by atoms with Crippen molar-refractivity contribution in [3.63, 3.8) is 0 Å². The van der Waals surface area contributed by atoms with Gasteiger partial charge >= 0.3 is 0 Å². The molecule has 1 aliphatic rings. The Labute approximate surface area is 127 Å². The van der Waals surface area contributed by atoms with E-state index in [0.717, 1.165) is 17.0 Å². The number of alkyl halides is 1. The minimum Gasteiger partial charge on any atom is -0.363 e. The zero-order valence-electron chi connectivity index (χ0n) is 11.9. The van der Waals surface area contributed by atoms with E-state index in [1.807, 2.05) is 47.0 Å². The van der Waals surface area contributed by atoms with Crippen molar-refractivity contribution in [2.75, 3.05) is 18.4 Å². The van der Waals surface area contributed by atoms with E-state index in [1.54, 1.807) is 6.20 Å². The zero-order chi connectivity index (χ0) is 14.9. The van der Waals surface area contributed by atoms with Crippen LogP contribution in [0.25, 0.3) is 17.0 Å². The smallest absolute Gasteiger partial charge is 0.137 e. The van der Waals surface area contributed by atoms with Crippen molar-refractivity contribution in [3.8, 4) is 11.4 Å². The van der Waals surface area contributed by atoms with E-state index in [-0.39, 0.29) is 6.04 Å². The van der Waals surface area contributed by atoms with Gasteiger partial charge in [-0.05, 0) is 24.3 Å². The lowest BCUT2D eigenvalue weighted by atomic mass is 10.2. The first-order chi connectivity index (χ1) is 10.8. The van der Waals surface area contributed by atoms with Gasteiger partial charge in [0.05, 0.1) is 23.6 Å². The largest absolute Gasteiger partial charge is 0.363 e. The molecular weight excluding hydrogens is 281 g/mol. The van der Waals surface area contributed by atoms with Crippen LogP contribution in [0.2, 0.25) is 0 Å². The monoisotopic (exact) mass is 297 g/mol. The second-order valence-corrected chi connectivity index (χ2v) is 5.41. The van der Waals surface area contributed by atoms with Crippen molar-refractivity contribution >= 4 is 11.5 Å². The third kappa shape index (κ3) is 2.31. The first-order valence-electron chi connectivity index (χ1n) is 7.32. The Hall–Kier alpha value is -2.47. The molecule has 0 radical (unpaired) electrons. The standard InChI is InChI=1S/C16H16FN5/c17-11-8-18-9-13(11)21-15-5-3-4-12(20-15)14-10-19-16-6-1-2-7-22(14)16/h1-7,10-11,13,18H,8-9H2,(H,20,21)/t11-,13-/m0/s1. The Morgan fingerprint density at radius 3 is 3.00 bits per heavy atom. The highest BCUT2D eigenvalue weighted by molar-refractivity contribution is 5.61. The molecule has 1 fully saturated rings. The van der Waals surface area contributed by atoms with Crippen molar-refractivity contribution in [2.45, 2.75) is 12.2 Å². The SMILES string of the molecule is F[C@H]1CNC[C@@H]1Nc1cccc(-c2cnc3ccccn23)n1. The highest BCUT2D eigenvalue weighted by Crippen LogP contribution is 2.21. The molecule has 0 bridgehead atoms. The van der Waals surface area contributed by atoms with Crippen molar-refractivity contribution in [1.82, 2.24) is 19.7 Å². The fourth-order valence-corrected chi connectivity index (χ4v) is 2.76. The Morgan fingerprint density at radius 2 is 2.14 bits per heavy atom. The Kier molecular flexibility index (Phi) is 3.23. The van der Waals surface area contributed by atoms with Gasteiger partial charge in [-0.2, -0.15) is 0 Å². The molecule has 112 valence electrons. The zero-order valence-corrected chi connectivity index (χ0v) is 11.9. The Morgan fingerprint density at radius 1 is 1.18 bits per heavy atom. The van der Waals surface area contributed by atoms with E-state index in [1.165, 1.54) is 0 Å². The summed E-state index contributed by atoms with van der Waals surface area (Å²) in [5.74, 6) is 0.680. The van der Waals surface area contributed by atoms with Crippen LogP contribution >= 0.6 is 0 Å². The van der Waals surface area contributed by atoms with Crippen LogP contribution < -0.4 is 10.6 Å². The van der Waals surface area contributed by atoms with Gasteiger partial charge in [-0.15, -0.1) is 0 Å². The topological polar surface area (TPSA) is 54.2 Å². The van der Waals surface area contributed by atoms with Crippen LogP contribution in [0.5, 0.6) is 0 Å². The first-order valence-corrected chi connectivity index (χ1v) is 7.32. The van der Waals surface area contributed by atoms with Gasteiger partial charge in [-0.1, -0.05) is 12.1 Å². The normalized spacial score (nSPS) is 21.3. The van der Waals surface area contributed by atoms with E-state index in [4.69, 9.17) is 0 Å². The van der Waals surface area contributed by atoms with Gasteiger partial charge in [-0.3, -0.25) is 4.40 Å². The van der Waals surface area contributed by atoms with Gasteiger partial charge in [0.2, 0.25) is 0 Å². The van der Waals surface area contributed by atoms with E-state index in [9.17, 15) is 4.39 Å². The average Bonchev–Trinajstić information content (AvgIpc) is 3.14. The van der Waals surface area contributed by atoms with Gasteiger partial charge in [0.15, 0.2) is 0 Å². The number of hydrogen-bond acceptors (Lipinski definition) is 4. The molecule has 6 heteroatoms. The average molecular weight is 297 g/mol. The number of imidazole rings is 1. The summed E-state index contributed by atoms with van der Waals surface area (Å²) in [5.41, 5.74) is 2.60. The van der Waals surface area contributed by atoms with Crippen molar-refractivity contribution in [2.24, 2.45) is 0 Å². The summed E-state index contributed by atoms with van der Waals surface area (Å²) >= 11 is 0. The highest BCUT2D eigenvalue weighted by Gasteiger charge is 2.26. The van der Waals surface area contributed by atoms with Crippen LogP contribution in [-0.2, 0) is 0 Å². The van der Waals surface area contributed by atoms with Crippen LogP contribution in [0, 0.1) is 0 Å². The van der Waals surface area contributed by atoms with Crippen LogP contribution in [0.1, 0.15) is 0 Å². The van der Waals surface area contributed by atoms with E-state index in [2.05, 4.69) is 20.6 Å². The molecule has 3 aromatic rings. The molecule has 0 saturated carbocycles. The lowest BCUT2D eigenvalue weighted by Gasteiger charge is -2.15. The van der Waals surface area contributed by atoms with Gasteiger partial charge in [0.25, 0.3) is 0 Å². The summed E-state index contributed by atoms with van der Waals surface area (Å²) in [6.07, 6.45) is 2.87. The molecule has 0 unspecified atom stereocenters. The summed E-state index contributed by atoms with van der Waals surface area (Å²) < 4.78 is 15.7. The maximum absolute atomic E-state index is 13.7. The van der Waals surface area contributed by atoms with Crippen LogP contribution in [-0.4, -0.2) is 39.7 Å². The van der Waals surface area contributed by atoms with Crippen molar-refractivity contribution in [3.05, 3.63) is 48.8 Å². The number of rotatable bonds is 3. The Balaban J connectivity index is 1.67. The summed E-state index contributed by atoms with van der Waals surface area (Å²) in [6.45, 7) is 1.01. The van der Waals surface area contributed by atoms with Crippen molar-refractivity contribution in [1.29, 1.82) is 0 Å². The summed E-state index contributed by atoms with van der Waals surface area (Å²) in [7, 11) is 0. The van der Waals surface area contributed by atoms with Crippen LogP contribution in [0.4, 0.5) is 10.2 Å². The van der Waals surface area contributed by atoms with E-state index >= 15 is 0 Å². The molecule has 2 atom stereocenters. The van der Waals surface area contributed by atoms with Crippen LogP contribution in [0.3, 0.4) is 0 Å². The molecule has 0 aliphatic carbocycles. The number of halogens is 1. The predicted octanol–water partition coefficient (Wildman–Crippen LogP) is 2.12. The maximum Gasteiger partial charge on any atom is 0.137 e. The quantitative estimate of drug-likeness (QED) is 0.777. The highest BCUT2D eigenvalue weighted by atomic mass is 19.1. The maximum atomic E-state index is 13.7. The first kappa shape index (κ1) is 13.2. The lowest BCUT2D eigenvalue weighted by Crippen LogP contribution is -2.29. The summed E-state index contributed by atoms with van der Waals surface area (Å²) in [4.78, 5) is 8.97. The molecule has 22 heavy (non-hydrogen) atoms. The van der Waals surface area contributed by atoms with Crippen LogP contribution in [0.15, 0.2) is 48.8 Å². The summed E-state index contributed by atoms with van der Waals surface area (Å²) in [5, 5.41) is 6.19. The molecule has 2 N–H and O–H groups in total. The molecule has 4 heterocycles. The second-order valence-electron chi connectivity index (χ2n) is 5.41. The van der Waals surface area contributed by atoms with Gasteiger partial charge in [-0.25, -0.2) is 14.4 Å². The number of fused-ring (bicyclic) bond motifs is 1. The molecule has 5 nitrogen and oxygen atoms in total. The molecule has 1 saturated heterocycles.